The number of aliphatic hydroxyl groups is 1. The maximum Gasteiger partial charge on any atom is 0.141 e. The van der Waals surface area contributed by atoms with E-state index >= 15 is 0 Å². The summed E-state index contributed by atoms with van der Waals surface area (Å²) in [4.78, 5) is 7.21. The lowest BCUT2D eigenvalue weighted by Crippen LogP contribution is -2.26. The molecule has 0 aliphatic carbocycles. The van der Waals surface area contributed by atoms with Crippen molar-refractivity contribution in [3.05, 3.63) is 77.4 Å². The summed E-state index contributed by atoms with van der Waals surface area (Å²) >= 11 is 0. The van der Waals surface area contributed by atoms with E-state index in [2.05, 4.69) is 15.5 Å². The van der Waals surface area contributed by atoms with Crippen LogP contribution in [-0.4, -0.2) is 44.3 Å². The van der Waals surface area contributed by atoms with Crippen molar-refractivity contribution < 1.29 is 9.50 Å². The molecule has 0 spiro atoms. The zero-order valence-electron chi connectivity index (χ0n) is 21.5. The van der Waals surface area contributed by atoms with Crippen LogP contribution in [0.25, 0.3) is 33.3 Å². The van der Waals surface area contributed by atoms with Gasteiger partial charge in [-0.15, -0.1) is 0 Å². The Morgan fingerprint density at radius 2 is 1.89 bits per heavy atom. The average Bonchev–Trinajstić information content (AvgIpc) is 3.40. The summed E-state index contributed by atoms with van der Waals surface area (Å²) in [5, 5.41) is 20.4. The molecular formula is C30H32FN5O. The van der Waals surface area contributed by atoms with Gasteiger partial charge in [0.2, 0.25) is 0 Å². The van der Waals surface area contributed by atoms with Gasteiger partial charge in [0.15, 0.2) is 0 Å². The van der Waals surface area contributed by atoms with Gasteiger partial charge in [0.1, 0.15) is 11.9 Å². The Morgan fingerprint density at radius 1 is 1.16 bits per heavy atom. The second-order valence-electron chi connectivity index (χ2n) is 10.8. The Labute approximate surface area is 216 Å². The highest BCUT2D eigenvalue weighted by molar-refractivity contribution is 6.02. The summed E-state index contributed by atoms with van der Waals surface area (Å²) in [6.07, 6.45) is 3.41. The molecule has 0 unspecified atom stereocenters. The number of likely N-dealkylation sites (tertiary alicyclic amines) is 1. The number of aryl methyl sites for hydroxylation is 1. The number of nitrogens with two attached hydrogens (primary N) is 1. The normalized spacial score (nSPS) is 16.4. The Kier molecular flexibility index (Phi) is 6.59. The van der Waals surface area contributed by atoms with Crippen LogP contribution in [0.5, 0.6) is 0 Å². The average molecular weight is 498 g/mol. The first-order chi connectivity index (χ1) is 17.6. The number of halogens is 1. The molecule has 190 valence electrons. The van der Waals surface area contributed by atoms with Crippen LogP contribution in [0.15, 0.2) is 54.7 Å². The number of hydrogen-bond donors (Lipinski definition) is 2. The van der Waals surface area contributed by atoms with Crippen molar-refractivity contribution in [2.24, 2.45) is 12.8 Å². The van der Waals surface area contributed by atoms with Crippen LogP contribution >= 0.6 is 0 Å². The second kappa shape index (κ2) is 9.71. The number of fused-ring (bicyclic) bond motifs is 1. The lowest BCUT2D eigenvalue weighted by atomic mass is 9.93. The van der Waals surface area contributed by atoms with Crippen molar-refractivity contribution in [1.82, 2.24) is 14.5 Å². The van der Waals surface area contributed by atoms with Crippen LogP contribution in [0, 0.1) is 17.1 Å². The number of benzene rings is 2. The molecule has 0 amide bonds. The lowest BCUT2D eigenvalue weighted by Gasteiger charge is -2.17. The molecule has 2 aromatic heterocycles. The number of nitriles is 1. The third-order valence-corrected chi connectivity index (χ3v) is 7.14. The molecule has 1 aliphatic heterocycles. The Morgan fingerprint density at radius 3 is 2.51 bits per heavy atom. The minimum Gasteiger partial charge on any atom is -0.390 e. The number of pyridine rings is 1. The van der Waals surface area contributed by atoms with Gasteiger partial charge in [-0.05, 0) is 49.6 Å². The van der Waals surface area contributed by atoms with Gasteiger partial charge in [-0.25, -0.2) is 4.39 Å². The van der Waals surface area contributed by atoms with E-state index < -0.39 is 11.4 Å². The Hall–Kier alpha value is -3.57. The molecule has 2 aromatic carbocycles. The summed E-state index contributed by atoms with van der Waals surface area (Å²) < 4.78 is 16.9. The molecule has 1 atom stereocenters. The Balaban J connectivity index is 1.65. The molecular weight excluding hydrogens is 465 g/mol. The monoisotopic (exact) mass is 497 g/mol. The molecule has 1 fully saturated rings. The summed E-state index contributed by atoms with van der Waals surface area (Å²) in [7, 11) is 2.03. The van der Waals surface area contributed by atoms with Crippen LogP contribution in [0.3, 0.4) is 0 Å². The standard InChI is InChI=1S/C30H32FN5O/c1-30(2,37)14-19-4-6-20(7-5-19)29-28(21-8-9-22(15-32)26(31)12-21)25-13-24(35(3)27(25)16-34-29)18-36-11-10-23(33)17-36/h4-9,12-13,16,23,37H,10-11,14,17-18,33H2,1-3H3/t23-/m0/s1. The number of rotatable bonds is 6. The fourth-order valence-corrected chi connectivity index (χ4v) is 5.29. The van der Waals surface area contributed by atoms with Gasteiger partial charge in [-0.1, -0.05) is 30.3 Å². The van der Waals surface area contributed by atoms with E-state index in [4.69, 9.17) is 10.7 Å². The maximum absolute atomic E-state index is 14.8. The highest BCUT2D eigenvalue weighted by Crippen LogP contribution is 2.38. The molecule has 7 heteroatoms. The van der Waals surface area contributed by atoms with E-state index in [1.807, 2.05) is 43.6 Å². The maximum atomic E-state index is 14.8. The van der Waals surface area contributed by atoms with Crippen LogP contribution in [-0.2, 0) is 20.0 Å². The minimum absolute atomic E-state index is 0.0144. The first-order valence-corrected chi connectivity index (χ1v) is 12.6. The molecule has 37 heavy (non-hydrogen) atoms. The van der Waals surface area contributed by atoms with E-state index in [1.54, 1.807) is 19.9 Å². The largest absolute Gasteiger partial charge is 0.390 e. The van der Waals surface area contributed by atoms with Gasteiger partial charge in [0, 0.05) is 61.4 Å². The van der Waals surface area contributed by atoms with Crippen molar-refractivity contribution in [2.45, 2.75) is 44.9 Å². The van der Waals surface area contributed by atoms with Gasteiger partial charge in [0.05, 0.1) is 28.6 Å². The van der Waals surface area contributed by atoms with Crippen LogP contribution < -0.4 is 5.73 Å². The van der Waals surface area contributed by atoms with Gasteiger partial charge in [-0.2, -0.15) is 5.26 Å². The van der Waals surface area contributed by atoms with E-state index in [1.165, 1.54) is 12.1 Å². The van der Waals surface area contributed by atoms with Crippen LogP contribution in [0.2, 0.25) is 0 Å². The Bertz CT molecular complexity index is 1490. The zero-order chi connectivity index (χ0) is 26.3. The van der Waals surface area contributed by atoms with E-state index in [-0.39, 0.29) is 11.6 Å². The van der Waals surface area contributed by atoms with Gasteiger partial charge < -0.3 is 15.4 Å². The molecule has 0 radical (unpaired) electrons. The quantitative estimate of drug-likeness (QED) is 0.401. The highest BCUT2D eigenvalue weighted by Gasteiger charge is 2.23. The fourth-order valence-electron chi connectivity index (χ4n) is 5.29. The SMILES string of the molecule is Cn1c(CN2CC[C@H](N)C2)cc2c(-c3ccc(C#N)c(F)c3)c(-c3ccc(CC(C)(C)O)cc3)ncc21. The minimum atomic E-state index is -0.802. The molecule has 3 N–H and O–H groups in total. The van der Waals surface area contributed by atoms with Crippen molar-refractivity contribution in [3.63, 3.8) is 0 Å². The highest BCUT2D eigenvalue weighted by atomic mass is 19.1. The zero-order valence-corrected chi connectivity index (χ0v) is 21.5. The van der Waals surface area contributed by atoms with E-state index in [0.29, 0.717) is 12.0 Å². The molecule has 1 aliphatic rings. The van der Waals surface area contributed by atoms with Gasteiger partial charge >= 0.3 is 0 Å². The number of nitrogens with zero attached hydrogens (tertiary/aromatic N) is 4. The number of aromatic nitrogens is 2. The predicted octanol–water partition coefficient (Wildman–Crippen LogP) is 4.76. The van der Waals surface area contributed by atoms with E-state index in [9.17, 15) is 14.8 Å². The van der Waals surface area contributed by atoms with Gasteiger partial charge in [0.25, 0.3) is 0 Å². The van der Waals surface area contributed by atoms with Crippen LogP contribution in [0.4, 0.5) is 4.39 Å². The lowest BCUT2D eigenvalue weighted by molar-refractivity contribution is 0.0810. The molecule has 3 heterocycles. The fraction of sp³-hybridized carbons (Fsp3) is 0.333. The first kappa shape index (κ1) is 25.1. The molecule has 4 aromatic rings. The molecule has 5 rings (SSSR count). The van der Waals surface area contributed by atoms with Crippen molar-refractivity contribution in [2.75, 3.05) is 13.1 Å². The molecule has 0 bridgehead atoms. The van der Waals surface area contributed by atoms with Gasteiger partial charge in [-0.3, -0.25) is 9.88 Å². The molecule has 6 nitrogen and oxygen atoms in total. The second-order valence-corrected chi connectivity index (χ2v) is 10.8. The van der Waals surface area contributed by atoms with E-state index in [0.717, 1.165) is 65.0 Å². The summed E-state index contributed by atoms with van der Waals surface area (Å²) in [6, 6.07) is 17.0. The summed E-state index contributed by atoms with van der Waals surface area (Å²) in [5.41, 5.74) is 11.6. The first-order valence-electron chi connectivity index (χ1n) is 12.6. The third kappa shape index (κ3) is 5.14. The smallest absolute Gasteiger partial charge is 0.141 e. The number of hydrogen-bond acceptors (Lipinski definition) is 5. The molecule has 0 saturated carbocycles. The summed E-state index contributed by atoms with van der Waals surface area (Å²) in [6.45, 7) is 6.20. The topological polar surface area (TPSA) is 91.1 Å². The predicted molar refractivity (Wildman–Crippen MR) is 144 cm³/mol. The van der Waals surface area contributed by atoms with Crippen molar-refractivity contribution in [3.8, 4) is 28.5 Å². The van der Waals surface area contributed by atoms with Crippen molar-refractivity contribution in [1.29, 1.82) is 5.26 Å². The third-order valence-electron chi connectivity index (χ3n) is 7.14. The van der Waals surface area contributed by atoms with Crippen LogP contribution in [0.1, 0.15) is 37.1 Å². The summed E-state index contributed by atoms with van der Waals surface area (Å²) in [5.74, 6) is -0.550. The molecule has 1 saturated heterocycles. The van der Waals surface area contributed by atoms with Crippen molar-refractivity contribution >= 4 is 10.9 Å².